The molecule has 0 radical (unpaired) electrons. The third-order valence-electron chi connectivity index (χ3n) is 2.13. The first-order valence-corrected chi connectivity index (χ1v) is 5.31. The summed E-state index contributed by atoms with van der Waals surface area (Å²) in [5.41, 5.74) is -2.65. The average Bonchev–Trinajstić information content (AvgIpc) is 2.28. The summed E-state index contributed by atoms with van der Waals surface area (Å²) < 4.78 is 4.67. The van der Waals surface area contributed by atoms with Crippen molar-refractivity contribution in [3.8, 4) is 0 Å². The van der Waals surface area contributed by atoms with Gasteiger partial charge in [-0.3, -0.25) is 4.79 Å². The number of hydrogen-bond acceptors (Lipinski definition) is 7. The highest BCUT2D eigenvalue weighted by Gasteiger charge is 2.42. The Bertz CT molecular complexity index is 313. The second-order valence-electron chi connectivity index (χ2n) is 3.73. The summed E-state index contributed by atoms with van der Waals surface area (Å²) in [5, 5.41) is 26.4. The summed E-state index contributed by atoms with van der Waals surface area (Å²) >= 11 is 0. The Labute approximate surface area is 103 Å². The van der Waals surface area contributed by atoms with Crippen molar-refractivity contribution in [2.75, 3.05) is 6.61 Å². The number of esters is 1. The van der Waals surface area contributed by atoms with E-state index in [-0.39, 0.29) is 6.61 Å². The van der Waals surface area contributed by atoms with Gasteiger partial charge in [-0.05, 0) is 6.42 Å². The van der Waals surface area contributed by atoms with Crippen molar-refractivity contribution >= 4 is 17.9 Å². The fraction of sp³-hybridized carbons (Fsp3) is 0.700. The number of aliphatic carboxylic acids is 1. The Balaban J connectivity index is 4.47. The van der Waals surface area contributed by atoms with E-state index in [4.69, 9.17) is 10.4 Å². The summed E-state index contributed by atoms with van der Waals surface area (Å²) in [6, 6.07) is 0. The third kappa shape index (κ3) is 5.60. The number of carbonyl (C=O) groups is 3. The van der Waals surface area contributed by atoms with Gasteiger partial charge < -0.3 is 19.8 Å². The Kier molecular flexibility index (Phi) is 6.91. The van der Waals surface area contributed by atoms with Crippen LogP contribution in [0.15, 0.2) is 0 Å². The third-order valence-corrected chi connectivity index (χ3v) is 2.13. The smallest absolute Gasteiger partial charge is 0.345 e. The van der Waals surface area contributed by atoms with Crippen molar-refractivity contribution in [2.24, 2.45) is 0 Å². The van der Waals surface area contributed by atoms with Gasteiger partial charge in [-0.1, -0.05) is 13.3 Å². The molecule has 0 spiro atoms. The molecule has 0 aromatic rings. The molecule has 0 amide bonds. The van der Waals surface area contributed by atoms with E-state index in [2.05, 4.69) is 9.62 Å². The van der Waals surface area contributed by atoms with E-state index in [1.807, 2.05) is 6.92 Å². The van der Waals surface area contributed by atoms with Crippen molar-refractivity contribution in [1.82, 2.24) is 0 Å². The molecule has 0 saturated heterocycles. The van der Waals surface area contributed by atoms with Crippen LogP contribution in [0.3, 0.4) is 0 Å². The topological polar surface area (TPSA) is 130 Å². The molecular formula is C10H16O8. The first-order valence-electron chi connectivity index (χ1n) is 5.31. The molecule has 1 atom stereocenters. The summed E-state index contributed by atoms with van der Waals surface area (Å²) in [6.45, 7) is 1.98. The zero-order chi connectivity index (χ0) is 14.2. The molecule has 8 heteroatoms. The van der Waals surface area contributed by atoms with E-state index in [1.54, 1.807) is 0 Å². The number of ether oxygens (including phenoxy) is 1. The Morgan fingerprint density at radius 1 is 1.17 bits per heavy atom. The van der Waals surface area contributed by atoms with E-state index < -0.39 is 36.4 Å². The van der Waals surface area contributed by atoms with Crippen LogP contribution < -0.4 is 0 Å². The van der Waals surface area contributed by atoms with E-state index in [9.17, 15) is 19.5 Å². The van der Waals surface area contributed by atoms with Crippen molar-refractivity contribution in [1.29, 1.82) is 0 Å². The lowest BCUT2D eigenvalue weighted by Crippen LogP contribution is -2.43. The molecule has 8 nitrogen and oxygen atoms in total. The minimum absolute atomic E-state index is 0.107. The molecule has 0 aromatic heterocycles. The lowest BCUT2D eigenvalue weighted by Gasteiger charge is -2.20. The van der Waals surface area contributed by atoms with E-state index in [1.165, 1.54) is 0 Å². The zero-order valence-electron chi connectivity index (χ0n) is 9.92. The van der Waals surface area contributed by atoms with Gasteiger partial charge in [0.2, 0.25) is 0 Å². The molecule has 0 bridgehead atoms. The fourth-order valence-electron chi connectivity index (χ4n) is 1.10. The molecule has 0 heterocycles. The maximum Gasteiger partial charge on any atom is 0.345 e. The van der Waals surface area contributed by atoms with Crippen molar-refractivity contribution in [2.45, 2.75) is 38.2 Å². The van der Waals surface area contributed by atoms with Gasteiger partial charge >= 0.3 is 17.9 Å². The number of unbranched alkanes of at least 4 members (excludes halogenated alkanes) is 1. The number of carboxylic acid groups (broad SMARTS) is 1. The molecule has 1 unspecified atom stereocenters. The summed E-state index contributed by atoms with van der Waals surface area (Å²) in [6.07, 6.45) is -0.563. The standard InChI is InChI=1S/C10H16O8/c1-2-3-4-17-7(11)5-10(15,9(13)14)6-8(12)18-16/h15-16H,2-6H2,1H3,(H,13,14). The molecule has 0 aliphatic rings. The minimum atomic E-state index is -2.65. The quantitative estimate of drug-likeness (QED) is 0.240. The van der Waals surface area contributed by atoms with Gasteiger partial charge in [0.05, 0.1) is 19.4 Å². The summed E-state index contributed by atoms with van der Waals surface area (Å²) in [7, 11) is 0. The van der Waals surface area contributed by atoms with Crippen LogP contribution in [0.5, 0.6) is 0 Å². The number of carbonyl (C=O) groups excluding carboxylic acids is 2. The van der Waals surface area contributed by atoms with Crippen LogP contribution in [0.4, 0.5) is 0 Å². The molecule has 0 saturated carbocycles. The van der Waals surface area contributed by atoms with Crippen LogP contribution in [-0.2, 0) is 24.0 Å². The molecule has 0 aliphatic heterocycles. The summed E-state index contributed by atoms with van der Waals surface area (Å²) in [5.74, 6) is -4.08. The molecule has 0 aliphatic carbocycles. The van der Waals surface area contributed by atoms with Gasteiger partial charge in [0.25, 0.3) is 0 Å². The van der Waals surface area contributed by atoms with Crippen LogP contribution in [0.25, 0.3) is 0 Å². The lowest BCUT2D eigenvalue weighted by atomic mass is 9.96. The zero-order valence-corrected chi connectivity index (χ0v) is 9.92. The van der Waals surface area contributed by atoms with Crippen molar-refractivity contribution in [3.63, 3.8) is 0 Å². The second-order valence-corrected chi connectivity index (χ2v) is 3.73. The maximum atomic E-state index is 11.2. The predicted octanol–water partition coefficient (Wildman–Crippen LogP) is -0.0582. The molecule has 0 rings (SSSR count). The first kappa shape index (κ1) is 16.3. The first-order chi connectivity index (χ1) is 8.35. The highest BCUT2D eigenvalue weighted by Crippen LogP contribution is 2.17. The van der Waals surface area contributed by atoms with Gasteiger partial charge in [0, 0.05) is 0 Å². The monoisotopic (exact) mass is 264 g/mol. The minimum Gasteiger partial charge on any atom is -0.479 e. The number of rotatable bonds is 8. The molecule has 104 valence electrons. The molecule has 0 aromatic carbocycles. The predicted molar refractivity (Wildman–Crippen MR) is 56.4 cm³/mol. The fourth-order valence-corrected chi connectivity index (χ4v) is 1.10. The Morgan fingerprint density at radius 3 is 2.17 bits per heavy atom. The molecule has 3 N–H and O–H groups in total. The van der Waals surface area contributed by atoms with Crippen LogP contribution >= 0.6 is 0 Å². The van der Waals surface area contributed by atoms with Crippen LogP contribution in [0.1, 0.15) is 32.6 Å². The van der Waals surface area contributed by atoms with Crippen LogP contribution in [0.2, 0.25) is 0 Å². The van der Waals surface area contributed by atoms with Crippen LogP contribution in [-0.4, -0.2) is 45.6 Å². The number of carboxylic acids is 1. The normalized spacial score (nSPS) is 13.5. The van der Waals surface area contributed by atoms with Gasteiger partial charge in [-0.2, -0.15) is 5.26 Å². The van der Waals surface area contributed by atoms with Gasteiger partial charge in [-0.15, -0.1) is 0 Å². The Morgan fingerprint density at radius 2 is 1.72 bits per heavy atom. The highest BCUT2D eigenvalue weighted by molar-refractivity contribution is 5.88. The number of aliphatic hydroxyl groups is 1. The van der Waals surface area contributed by atoms with E-state index in [0.717, 1.165) is 6.42 Å². The molecule has 0 fully saturated rings. The second kappa shape index (κ2) is 7.62. The SMILES string of the molecule is CCCCOC(=O)CC(O)(CC(=O)OO)C(=O)O. The molecule has 18 heavy (non-hydrogen) atoms. The van der Waals surface area contributed by atoms with Gasteiger partial charge in [0.15, 0.2) is 5.60 Å². The van der Waals surface area contributed by atoms with E-state index in [0.29, 0.717) is 6.42 Å². The average molecular weight is 264 g/mol. The van der Waals surface area contributed by atoms with Crippen LogP contribution in [0, 0.1) is 0 Å². The Hall–Kier alpha value is -1.67. The van der Waals surface area contributed by atoms with Crippen molar-refractivity contribution in [3.05, 3.63) is 0 Å². The lowest BCUT2D eigenvalue weighted by molar-refractivity contribution is -0.238. The van der Waals surface area contributed by atoms with Gasteiger partial charge in [-0.25, -0.2) is 9.59 Å². The van der Waals surface area contributed by atoms with Gasteiger partial charge in [0.1, 0.15) is 0 Å². The number of hydrogen-bond donors (Lipinski definition) is 3. The van der Waals surface area contributed by atoms with E-state index >= 15 is 0 Å². The largest absolute Gasteiger partial charge is 0.479 e. The maximum absolute atomic E-state index is 11.2. The summed E-state index contributed by atoms with van der Waals surface area (Å²) in [4.78, 5) is 36.0. The molecular weight excluding hydrogens is 248 g/mol. The highest BCUT2D eigenvalue weighted by atomic mass is 17.1. The van der Waals surface area contributed by atoms with Crippen molar-refractivity contribution < 1.29 is 39.5 Å².